The van der Waals surface area contributed by atoms with E-state index in [4.69, 9.17) is 9.47 Å². The molecule has 3 aliphatic heterocycles. The first kappa shape index (κ1) is 25.1. The molecule has 0 spiro atoms. The van der Waals surface area contributed by atoms with E-state index in [2.05, 4.69) is 15.1 Å². The van der Waals surface area contributed by atoms with Crippen molar-refractivity contribution < 1.29 is 28.2 Å². The molecule has 2 bridgehead atoms. The molecule has 12 heteroatoms. The van der Waals surface area contributed by atoms with E-state index in [1.807, 2.05) is 31.7 Å². The molecule has 0 radical (unpaired) electrons. The largest absolute Gasteiger partial charge is 0.444 e. The Hall–Kier alpha value is -3.54. The summed E-state index contributed by atoms with van der Waals surface area (Å²) in [5.74, 6) is 0.0847. The number of amides is 1. The van der Waals surface area contributed by atoms with Crippen LogP contribution in [0.1, 0.15) is 41.0 Å². The van der Waals surface area contributed by atoms with Gasteiger partial charge in [0.05, 0.1) is 23.5 Å². The van der Waals surface area contributed by atoms with Gasteiger partial charge in [0.25, 0.3) is 0 Å². The number of aliphatic hydroxyl groups is 1. The smallest absolute Gasteiger partial charge is 0.426 e. The maximum Gasteiger partial charge on any atom is 0.426 e. The number of hydrogen-bond donors (Lipinski definition) is 1. The Morgan fingerprint density at radius 1 is 1.08 bits per heavy atom. The topological polar surface area (TPSA) is 105 Å². The average Bonchev–Trinajstić information content (AvgIpc) is 3.24. The number of carbonyl (C=O) groups excluding carboxylic acids is 1. The van der Waals surface area contributed by atoms with Gasteiger partial charge in [0.15, 0.2) is 11.4 Å². The van der Waals surface area contributed by atoms with Crippen LogP contribution in [-0.4, -0.2) is 78.2 Å². The van der Waals surface area contributed by atoms with Crippen LogP contribution in [0.4, 0.5) is 19.5 Å². The van der Waals surface area contributed by atoms with E-state index in [1.54, 1.807) is 29.3 Å². The van der Waals surface area contributed by atoms with Crippen LogP contribution < -0.4 is 9.64 Å². The van der Waals surface area contributed by atoms with E-state index >= 15 is 0 Å². The van der Waals surface area contributed by atoms with Gasteiger partial charge >= 0.3 is 12.2 Å². The SMILES string of the molecule is CC(C)(C)OC(=O)N1C2CC1CN(c1nc3c(OC(F)(F)C(C)(C)O)ccc(-c4ccccn4)n3n1)C2. The summed E-state index contributed by atoms with van der Waals surface area (Å²) in [6, 6.07) is 8.16. The van der Waals surface area contributed by atoms with Gasteiger partial charge in [0.2, 0.25) is 11.6 Å². The summed E-state index contributed by atoms with van der Waals surface area (Å²) >= 11 is 0. The molecule has 3 saturated heterocycles. The predicted molar refractivity (Wildman–Crippen MR) is 131 cm³/mol. The molecule has 2 atom stereocenters. The lowest BCUT2D eigenvalue weighted by molar-refractivity contribution is -0.275. The summed E-state index contributed by atoms with van der Waals surface area (Å²) in [6.07, 6.45) is -1.77. The van der Waals surface area contributed by atoms with Crippen LogP contribution in [0.3, 0.4) is 0 Å². The Kier molecular flexibility index (Phi) is 5.78. The van der Waals surface area contributed by atoms with E-state index < -0.39 is 17.3 Å². The van der Waals surface area contributed by atoms with E-state index in [0.29, 0.717) is 30.4 Å². The third-order valence-corrected chi connectivity index (χ3v) is 6.40. The molecular weight excluding hydrogens is 486 g/mol. The minimum atomic E-state index is -3.88. The Bertz CT molecular complexity index is 1310. The van der Waals surface area contributed by atoms with Gasteiger partial charge in [-0.25, -0.2) is 9.31 Å². The van der Waals surface area contributed by atoms with Gasteiger partial charge in [-0.3, -0.25) is 9.88 Å². The van der Waals surface area contributed by atoms with Gasteiger partial charge in [-0.2, -0.15) is 13.8 Å². The molecule has 3 aromatic rings. The number of fused-ring (bicyclic) bond motifs is 3. The van der Waals surface area contributed by atoms with Crippen molar-refractivity contribution in [3.8, 4) is 17.1 Å². The fourth-order valence-corrected chi connectivity index (χ4v) is 4.50. The van der Waals surface area contributed by atoms with Crippen LogP contribution in [0, 0.1) is 0 Å². The van der Waals surface area contributed by atoms with Crippen LogP contribution in [0.15, 0.2) is 36.5 Å². The van der Waals surface area contributed by atoms with Crippen LogP contribution in [0.2, 0.25) is 0 Å². The van der Waals surface area contributed by atoms with Crippen LogP contribution in [0.5, 0.6) is 5.75 Å². The molecular formula is C25H30F2N6O4. The average molecular weight is 517 g/mol. The van der Waals surface area contributed by atoms with Crippen molar-refractivity contribution in [1.29, 1.82) is 0 Å². The summed E-state index contributed by atoms with van der Waals surface area (Å²) in [6.45, 7) is 8.37. The molecule has 3 aromatic heterocycles. The zero-order chi connectivity index (χ0) is 26.8. The second kappa shape index (κ2) is 8.51. The van der Waals surface area contributed by atoms with Gasteiger partial charge in [-0.15, -0.1) is 5.10 Å². The number of ether oxygens (including phenoxy) is 2. The van der Waals surface area contributed by atoms with Crippen molar-refractivity contribution in [2.75, 3.05) is 18.0 Å². The maximum atomic E-state index is 14.6. The van der Waals surface area contributed by atoms with E-state index in [0.717, 1.165) is 20.3 Å². The minimum absolute atomic E-state index is 0.0605. The first-order valence-electron chi connectivity index (χ1n) is 12.1. The van der Waals surface area contributed by atoms with Crippen molar-refractivity contribution in [2.24, 2.45) is 0 Å². The number of aromatic nitrogens is 4. The molecule has 6 heterocycles. The van der Waals surface area contributed by atoms with Gasteiger partial charge < -0.3 is 19.5 Å². The number of pyridine rings is 2. The number of anilines is 1. The van der Waals surface area contributed by atoms with Crippen LogP contribution >= 0.6 is 0 Å². The lowest BCUT2D eigenvalue weighted by Gasteiger charge is -2.55. The lowest BCUT2D eigenvalue weighted by atomic mass is 9.88. The Balaban J connectivity index is 1.48. The monoisotopic (exact) mass is 516 g/mol. The molecule has 0 aliphatic carbocycles. The molecule has 37 heavy (non-hydrogen) atoms. The molecule has 0 aromatic carbocycles. The molecule has 0 saturated carbocycles. The van der Waals surface area contributed by atoms with E-state index in [1.165, 1.54) is 10.6 Å². The molecule has 1 N–H and O–H groups in total. The fraction of sp³-hybridized carbons (Fsp3) is 0.520. The Morgan fingerprint density at radius 3 is 2.38 bits per heavy atom. The molecule has 10 nitrogen and oxygen atoms in total. The summed E-state index contributed by atoms with van der Waals surface area (Å²) < 4.78 is 41.2. The van der Waals surface area contributed by atoms with Gasteiger partial charge in [0, 0.05) is 19.3 Å². The Morgan fingerprint density at radius 2 is 1.78 bits per heavy atom. The number of piperidine rings is 1. The van der Waals surface area contributed by atoms with Crippen molar-refractivity contribution in [3.63, 3.8) is 0 Å². The Labute approximate surface area is 212 Å². The summed E-state index contributed by atoms with van der Waals surface area (Å²) in [7, 11) is 0. The first-order valence-corrected chi connectivity index (χ1v) is 12.1. The highest BCUT2D eigenvalue weighted by Crippen LogP contribution is 2.38. The molecule has 1 amide bonds. The molecule has 2 unspecified atom stereocenters. The van der Waals surface area contributed by atoms with Gasteiger partial charge in [-0.1, -0.05) is 6.07 Å². The third-order valence-electron chi connectivity index (χ3n) is 6.40. The molecule has 3 fully saturated rings. The van der Waals surface area contributed by atoms with Crippen molar-refractivity contribution >= 4 is 17.7 Å². The van der Waals surface area contributed by atoms with Crippen molar-refractivity contribution in [1.82, 2.24) is 24.5 Å². The van der Waals surface area contributed by atoms with Gasteiger partial charge in [0.1, 0.15) is 5.60 Å². The van der Waals surface area contributed by atoms with E-state index in [-0.39, 0.29) is 29.6 Å². The first-order chi connectivity index (χ1) is 17.2. The number of halogens is 2. The zero-order valence-corrected chi connectivity index (χ0v) is 21.4. The number of hydrogen-bond acceptors (Lipinski definition) is 8. The van der Waals surface area contributed by atoms with Gasteiger partial charge in [-0.05, 0) is 65.3 Å². The summed E-state index contributed by atoms with van der Waals surface area (Å²) in [5.41, 5.74) is -1.85. The number of piperazine rings is 1. The summed E-state index contributed by atoms with van der Waals surface area (Å²) in [4.78, 5) is 25.2. The predicted octanol–water partition coefficient (Wildman–Crippen LogP) is 3.73. The highest BCUT2D eigenvalue weighted by molar-refractivity contribution is 5.71. The molecule has 198 valence electrons. The molecule has 6 rings (SSSR count). The molecule has 3 aliphatic rings. The highest BCUT2D eigenvalue weighted by atomic mass is 19.3. The minimum Gasteiger partial charge on any atom is -0.444 e. The standard InChI is InChI=1S/C25H30F2N6O4/c1-23(2,3)37-22(34)32-15-12-16(32)14-31(13-15)21-29-20-19(36-25(26,27)24(4,5)35)10-9-18(33(20)30-21)17-8-6-7-11-28-17/h6-11,15-16,35H,12-14H2,1-5H3. The number of alkyl halides is 2. The second-order valence-corrected chi connectivity index (χ2v) is 11.0. The lowest BCUT2D eigenvalue weighted by Crippen LogP contribution is -2.70. The van der Waals surface area contributed by atoms with Crippen LogP contribution in [0.25, 0.3) is 17.0 Å². The maximum absolute atomic E-state index is 14.6. The van der Waals surface area contributed by atoms with Crippen molar-refractivity contribution in [2.45, 2.75) is 70.4 Å². The zero-order valence-electron chi connectivity index (χ0n) is 21.4. The quantitative estimate of drug-likeness (QED) is 0.547. The number of carbonyl (C=O) groups is 1. The number of nitrogens with zero attached hydrogens (tertiary/aromatic N) is 6. The third kappa shape index (κ3) is 4.65. The second-order valence-electron chi connectivity index (χ2n) is 11.0. The van der Waals surface area contributed by atoms with Crippen molar-refractivity contribution in [3.05, 3.63) is 36.5 Å². The number of rotatable bonds is 5. The fourth-order valence-electron chi connectivity index (χ4n) is 4.50. The van der Waals surface area contributed by atoms with Crippen LogP contribution in [-0.2, 0) is 4.74 Å². The normalized spacial score (nSPS) is 20.1. The van der Waals surface area contributed by atoms with E-state index in [9.17, 15) is 18.7 Å². The highest BCUT2D eigenvalue weighted by Gasteiger charge is 2.50. The summed E-state index contributed by atoms with van der Waals surface area (Å²) in [5, 5.41) is 14.5.